The maximum absolute atomic E-state index is 12.0. The average molecular weight is 450 g/mol. The van der Waals surface area contributed by atoms with Crippen LogP contribution in [0, 0.1) is 0 Å². The number of nitrogens with one attached hydrogen (secondary N) is 2. The minimum absolute atomic E-state index is 0.210. The number of rotatable bonds is 8. The van der Waals surface area contributed by atoms with Crippen molar-refractivity contribution in [2.24, 2.45) is 5.10 Å². The topological polar surface area (TPSA) is 98.2 Å². The zero-order valence-electron chi connectivity index (χ0n) is 15.6. The van der Waals surface area contributed by atoms with Crippen LogP contribution in [0.25, 0.3) is 0 Å². The monoisotopic (exact) mass is 449 g/mol. The van der Waals surface area contributed by atoms with E-state index in [0.717, 1.165) is 4.47 Å². The van der Waals surface area contributed by atoms with E-state index in [1.165, 1.54) is 27.5 Å². The maximum Gasteiger partial charge on any atom is 0.259 e. The van der Waals surface area contributed by atoms with Crippen molar-refractivity contribution in [1.82, 2.24) is 10.7 Å². The summed E-state index contributed by atoms with van der Waals surface area (Å²) in [4.78, 5) is 23.9. The number of nitrogens with zero attached hydrogens (tertiary/aromatic N) is 1. The van der Waals surface area contributed by atoms with E-state index in [4.69, 9.17) is 14.2 Å². The first-order valence-electron chi connectivity index (χ1n) is 8.14. The van der Waals surface area contributed by atoms with Gasteiger partial charge in [0.25, 0.3) is 11.8 Å². The van der Waals surface area contributed by atoms with Crippen molar-refractivity contribution in [3.63, 3.8) is 0 Å². The van der Waals surface area contributed by atoms with Crippen LogP contribution in [0.1, 0.15) is 15.9 Å². The summed E-state index contributed by atoms with van der Waals surface area (Å²) in [5, 5.41) is 6.40. The Hall–Kier alpha value is -3.07. The van der Waals surface area contributed by atoms with Crippen LogP contribution in [0.4, 0.5) is 0 Å². The molecule has 2 rings (SSSR count). The first kappa shape index (κ1) is 21.2. The minimum atomic E-state index is -0.466. The molecule has 0 heterocycles. The molecule has 0 atom stereocenters. The molecule has 2 N–H and O–H groups in total. The zero-order valence-corrected chi connectivity index (χ0v) is 17.2. The molecule has 0 aliphatic rings. The van der Waals surface area contributed by atoms with Gasteiger partial charge in [0.2, 0.25) is 5.75 Å². The van der Waals surface area contributed by atoms with Gasteiger partial charge < -0.3 is 19.5 Å². The maximum atomic E-state index is 12.0. The third-order valence-electron chi connectivity index (χ3n) is 3.59. The second-order valence-electron chi connectivity index (χ2n) is 5.44. The predicted molar refractivity (Wildman–Crippen MR) is 108 cm³/mol. The Bertz CT molecular complexity index is 861. The molecule has 28 heavy (non-hydrogen) atoms. The van der Waals surface area contributed by atoms with Gasteiger partial charge in [-0.05, 0) is 30.3 Å². The molecule has 2 amide bonds. The molecule has 0 aliphatic carbocycles. The zero-order chi connectivity index (χ0) is 20.5. The fourth-order valence-electron chi connectivity index (χ4n) is 2.29. The molecule has 2 aromatic rings. The summed E-state index contributed by atoms with van der Waals surface area (Å²) in [5.74, 6) is 0.574. The second kappa shape index (κ2) is 10.3. The van der Waals surface area contributed by atoms with Gasteiger partial charge in [0.15, 0.2) is 11.5 Å². The summed E-state index contributed by atoms with van der Waals surface area (Å²) in [5.41, 5.74) is 3.43. The van der Waals surface area contributed by atoms with Crippen molar-refractivity contribution in [2.75, 3.05) is 27.9 Å². The van der Waals surface area contributed by atoms with E-state index in [-0.39, 0.29) is 12.5 Å². The van der Waals surface area contributed by atoms with Crippen LogP contribution < -0.4 is 25.0 Å². The first-order chi connectivity index (χ1) is 13.5. The number of hydrogen-bond donors (Lipinski definition) is 2. The van der Waals surface area contributed by atoms with E-state index in [1.54, 1.807) is 36.4 Å². The Balaban J connectivity index is 1.93. The molecular formula is C19H20BrN3O5. The number of ether oxygens (including phenoxy) is 3. The van der Waals surface area contributed by atoms with Gasteiger partial charge in [0.1, 0.15) is 0 Å². The summed E-state index contributed by atoms with van der Waals surface area (Å²) in [7, 11) is 4.53. The normalized spacial score (nSPS) is 10.4. The van der Waals surface area contributed by atoms with Crippen molar-refractivity contribution in [2.45, 2.75) is 0 Å². The van der Waals surface area contributed by atoms with E-state index in [9.17, 15) is 9.59 Å². The van der Waals surface area contributed by atoms with Crippen LogP contribution >= 0.6 is 15.9 Å². The van der Waals surface area contributed by atoms with Crippen LogP contribution in [0.15, 0.2) is 46.0 Å². The molecule has 0 bridgehead atoms. The highest BCUT2D eigenvalue weighted by molar-refractivity contribution is 9.10. The third kappa shape index (κ3) is 5.71. The van der Waals surface area contributed by atoms with Crippen LogP contribution in [0.2, 0.25) is 0 Å². The Labute approximate surface area is 171 Å². The summed E-state index contributed by atoms with van der Waals surface area (Å²) in [6, 6.07) is 10.2. The number of halogens is 1. The highest BCUT2D eigenvalue weighted by atomic mass is 79.9. The molecule has 2 aromatic carbocycles. The summed E-state index contributed by atoms with van der Waals surface area (Å²) in [6.07, 6.45) is 1.43. The number of hydrazone groups is 1. The van der Waals surface area contributed by atoms with Gasteiger partial charge in [-0.15, -0.1) is 0 Å². The molecule has 0 saturated carbocycles. The molecule has 0 fully saturated rings. The lowest BCUT2D eigenvalue weighted by Crippen LogP contribution is -2.34. The van der Waals surface area contributed by atoms with E-state index in [1.807, 2.05) is 0 Å². The van der Waals surface area contributed by atoms with E-state index < -0.39 is 5.91 Å². The number of methoxy groups -OCH3 is 3. The quantitative estimate of drug-likeness (QED) is 0.476. The molecular weight excluding hydrogens is 430 g/mol. The number of hydrogen-bond acceptors (Lipinski definition) is 6. The van der Waals surface area contributed by atoms with Crippen molar-refractivity contribution in [1.29, 1.82) is 0 Å². The van der Waals surface area contributed by atoms with Gasteiger partial charge in [0, 0.05) is 15.6 Å². The van der Waals surface area contributed by atoms with Gasteiger partial charge in [-0.3, -0.25) is 9.59 Å². The van der Waals surface area contributed by atoms with Gasteiger partial charge >= 0.3 is 0 Å². The van der Waals surface area contributed by atoms with Crippen LogP contribution in [-0.2, 0) is 4.79 Å². The van der Waals surface area contributed by atoms with Crippen molar-refractivity contribution in [3.05, 3.63) is 52.0 Å². The molecule has 8 nitrogen and oxygen atoms in total. The van der Waals surface area contributed by atoms with E-state index in [0.29, 0.717) is 28.4 Å². The molecule has 0 aliphatic heterocycles. The first-order valence-corrected chi connectivity index (χ1v) is 8.93. The standard InChI is InChI=1S/C19H20BrN3O5/c1-26-15-7-12(8-16(27-2)18(15)28-3)10-22-23-17(24)11-21-19(25)13-5-4-6-14(20)9-13/h4-10H,11H2,1-3H3,(H,21,25)(H,23,24)/b22-10-. The Kier molecular flexibility index (Phi) is 7.82. The molecule has 0 aromatic heterocycles. The van der Waals surface area contributed by atoms with Gasteiger partial charge in [0.05, 0.1) is 34.1 Å². The highest BCUT2D eigenvalue weighted by Gasteiger charge is 2.12. The summed E-state index contributed by atoms with van der Waals surface area (Å²) >= 11 is 3.29. The van der Waals surface area contributed by atoms with E-state index in [2.05, 4.69) is 31.8 Å². The molecule has 0 radical (unpaired) electrons. The lowest BCUT2D eigenvalue weighted by Gasteiger charge is -2.12. The predicted octanol–water partition coefficient (Wildman–Crippen LogP) is 2.35. The Morgan fingerprint density at radius 3 is 2.32 bits per heavy atom. The molecule has 0 saturated heterocycles. The number of benzene rings is 2. The number of amides is 2. The van der Waals surface area contributed by atoms with Gasteiger partial charge in [-0.2, -0.15) is 5.10 Å². The lowest BCUT2D eigenvalue weighted by molar-refractivity contribution is -0.120. The summed E-state index contributed by atoms with van der Waals surface area (Å²) in [6.45, 7) is -0.210. The Morgan fingerprint density at radius 1 is 1.07 bits per heavy atom. The van der Waals surface area contributed by atoms with Gasteiger partial charge in [-0.1, -0.05) is 22.0 Å². The fraction of sp³-hybridized carbons (Fsp3) is 0.211. The van der Waals surface area contributed by atoms with Crippen LogP contribution in [0.5, 0.6) is 17.2 Å². The lowest BCUT2D eigenvalue weighted by atomic mass is 10.2. The average Bonchev–Trinajstić information content (AvgIpc) is 2.71. The van der Waals surface area contributed by atoms with Crippen molar-refractivity contribution in [3.8, 4) is 17.2 Å². The minimum Gasteiger partial charge on any atom is -0.493 e. The Morgan fingerprint density at radius 2 is 1.75 bits per heavy atom. The van der Waals surface area contributed by atoms with Crippen LogP contribution in [-0.4, -0.2) is 45.9 Å². The van der Waals surface area contributed by atoms with Crippen LogP contribution in [0.3, 0.4) is 0 Å². The molecule has 0 spiro atoms. The van der Waals surface area contributed by atoms with E-state index >= 15 is 0 Å². The SMILES string of the molecule is COc1cc(/C=N\NC(=O)CNC(=O)c2cccc(Br)c2)cc(OC)c1OC. The largest absolute Gasteiger partial charge is 0.493 e. The molecule has 0 unspecified atom stereocenters. The summed E-state index contributed by atoms with van der Waals surface area (Å²) < 4.78 is 16.5. The fourth-order valence-corrected chi connectivity index (χ4v) is 2.69. The molecule has 9 heteroatoms. The number of carbonyl (C=O) groups is 2. The van der Waals surface area contributed by atoms with Gasteiger partial charge in [-0.25, -0.2) is 5.43 Å². The molecule has 148 valence electrons. The van der Waals surface area contributed by atoms with Crippen molar-refractivity contribution < 1.29 is 23.8 Å². The smallest absolute Gasteiger partial charge is 0.259 e. The third-order valence-corrected chi connectivity index (χ3v) is 4.08. The second-order valence-corrected chi connectivity index (χ2v) is 6.36. The number of carbonyl (C=O) groups excluding carboxylic acids is 2. The highest BCUT2D eigenvalue weighted by Crippen LogP contribution is 2.37. The van der Waals surface area contributed by atoms with Crippen molar-refractivity contribution >= 4 is 34.0 Å².